The van der Waals surface area contributed by atoms with Gasteiger partial charge in [0.05, 0.1) is 5.69 Å². The molecule has 0 saturated heterocycles. The van der Waals surface area contributed by atoms with Crippen molar-refractivity contribution < 1.29 is 9.90 Å². The Hall–Kier alpha value is -2.10. The van der Waals surface area contributed by atoms with Gasteiger partial charge < -0.3 is 9.67 Å². The van der Waals surface area contributed by atoms with E-state index in [-0.39, 0.29) is 5.69 Å². The van der Waals surface area contributed by atoms with Crippen LogP contribution < -0.4 is 0 Å². The minimum absolute atomic E-state index is 0.213. The van der Waals surface area contributed by atoms with Gasteiger partial charge in [0.25, 0.3) is 0 Å². The van der Waals surface area contributed by atoms with Crippen molar-refractivity contribution in [1.82, 2.24) is 9.55 Å². The van der Waals surface area contributed by atoms with Crippen molar-refractivity contribution in [3.05, 3.63) is 41.7 Å². The van der Waals surface area contributed by atoms with Gasteiger partial charge in [-0.2, -0.15) is 0 Å². The molecular formula is C15H16N2O2. The van der Waals surface area contributed by atoms with Crippen molar-refractivity contribution in [2.45, 2.75) is 26.3 Å². The zero-order valence-corrected chi connectivity index (χ0v) is 10.8. The molecule has 1 N–H and O–H groups in total. The van der Waals surface area contributed by atoms with Crippen molar-refractivity contribution in [2.75, 3.05) is 0 Å². The molecule has 1 aliphatic heterocycles. The van der Waals surface area contributed by atoms with Crippen molar-refractivity contribution in [3.8, 4) is 11.4 Å². The first kappa shape index (κ1) is 12.0. The maximum Gasteiger partial charge on any atom is 0.356 e. The number of fused-ring (bicyclic) bond motifs is 1. The Morgan fingerprint density at radius 2 is 2.11 bits per heavy atom. The molecular weight excluding hydrogens is 240 g/mol. The van der Waals surface area contributed by atoms with E-state index in [0.717, 1.165) is 36.5 Å². The molecule has 1 unspecified atom stereocenters. The molecule has 1 aromatic heterocycles. The highest BCUT2D eigenvalue weighted by Gasteiger charge is 2.26. The minimum atomic E-state index is -0.931. The number of hydrogen-bond acceptors (Lipinski definition) is 2. The van der Waals surface area contributed by atoms with Gasteiger partial charge in [-0.3, -0.25) is 0 Å². The minimum Gasteiger partial charge on any atom is -0.476 e. The predicted octanol–water partition coefficient (Wildman–Crippen LogP) is 2.83. The molecule has 2 aromatic rings. The maximum atomic E-state index is 11.3. The van der Waals surface area contributed by atoms with Gasteiger partial charge >= 0.3 is 5.97 Å². The molecule has 1 aliphatic rings. The summed E-state index contributed by atoms with van der Waals surface area (Å²) in [6, 6.07) is 9.79. The van der Waals surface area contributed by atoms with E-state index in [1.807, 2.05) is 30.3 Å². The molecule has 0 bridgehead atoms. The molecule has 98 valence electrons. The molecule has 19 heavy (non-hydrogen) atoms. The summed E-state index contributed by atoms with van der Waals surface area (Å²) in [5.41, 5.74) is 2.06. The van der Waals surface area contributed by atoms with Crippen LogP contribution in [0.25, 0.3) is 11.4 Å². The molecule has 1 aromatic carbocycles. The van der Waals surface area contributed by atoms with Crippen LogP contribution in [0, 0.1) is 5.92 Å². The highest BCUT2D eigenvalue weighted by Crippen LogP contribution is 2.29. The van der Waals surface area contributed by atoms with Gasteiger partial charge in [0, 0.05) is 12.1 Å². The van der Waals surface area contributed by atoms with Gasteiger partial charge in [0.2, 0.25) is 0 Å². The number of aromatic nitrogens is 2. The average Bonchev–Trinajstić information content (AvgIpc) is 2.78. The largest absolute Gasteiger partial charge is 0.476 e. The third-order valence-corrected chi connectivity index (χ3v) is 3.69. The van der Waals surface area contributed by atoms with Crippen LogP contribution in [0.1, 0.15) is 29.5 Å². The van der Waals surface area contributed by atoms with Gasteiger partial charge in [-0.05, 0) is 18.8 Å². The van der Waals surface area contributed by atoms with Crippen molar-refractivity contribution in [1.29, 1.82) is 0 Å². The lowest BCUT2D eigenvalue weighted by molar-refractivity contribution is 0.0689. The Balaban J connectivity index is 2.17. The Morgan fingerprint density at radius 3 is 2.79 bits per heavy atom. The first-order valence-corrected chi connectivity index (χ1v) is 6.55. The summed E-state index contributed by atoms with van der Waals surface area (Å²) in [5.74, 6) is 0.367. The zero-order valence-electron chi connectivity index (χ0n) is 10.8. The summed E-state index contributed by atoms with van der Waals surface area (Å²) in [7, 11) is 0. The van der Waals surface area contributed by atoms with Crippen LogP contribution >= 0.6 is 0 Å². The van der Waals surface area contributed by atoms with Crippen LogP contribution in [0.3, 0.4) is 0 Å². The number of nitrogens with zero attached hydrogens (tertiary/aromatic N) is 2. The van der Waals surface area contributed by atoms with E-state index in [1.54, 1.807) is 0 Å². The fourth-order valence-corrected chi connectivity index (χ4v) is 2.69. The third kappa shape index (κ3) is 2.03. The molecule has 0 radical (unpaired) electrons. The average molecular weight is 256 g/mol. The summed E-state index contributed by atoms with van der Waals surface area (Å²) in [6.45, 7) is 3.01. The fourth-order valence-electron chi connectivity index (χ4n) is 2.69. The SMILES string of the molecule is CC1CCn2c(-c3ccccc3)nc(C(=O)O)c2C1. The Bertz CT molecular complexity index is 617. The molecule has 0 amide bonds. The maximum absolute atomic E-state index is 11.3. The van der Waals surface area contributed by atoms with Crippen LogP contribution in [0.2, 0.25) is 0 Å². The number of rotatable bonds is 2. The molecule has 0 fully saturated rings. The van der Waals surface area contributed by atoms with Crippen molar-refractivity contribution in [2.24, 2.45) is 5.92 Å². The van der Waals surface area contributed by atoms with E-state index < -0.39 is 5.97 Å². The number of hydrogen-bond donors (Lipinski definition) is 1. The third-order valence-electron chi connectivity index (χ3n) is 3.69. The van der Waals surface area contributed by atoms with E-state index >= 15 is 0 Å². The van der Waals surface area contributed by atoms with E-state index in [4.69, 9.17) is 0 Å². The van der Waals surface area contributed by atoms with Gasteiger partial charge in [0.15, 0.2) is 5.69 Å². The molecule has 0 spiro atoms. The fraction of sp³-hybridized carbons (Fsp3) is 0.333. The van der Waals surface area contributed by atoms with Crippen LogP contribution in [0.4, 0.5) is 0 Å². The lowest BCUT2D eigenvalue weighted by Gasteiger charge is -2.22. The van der Waals surface area contributed by atoms with Gasteiger partial charge in [0.1, 0.15) is 5.82 Å². The summed E-state index contributed by atoms with van der Waals surface area (Å²) in [5, 5.41) is 9.31. The molecule has 0 saturated carbocycles. The normalized spacial score (nSPS) is 18.1. The first-order valence-electron chi connectivity index (χ1n) is 6.55. The van der Waals surface area contributed by atoms with Crippen LogP contribution in [-0.4, -0.2) is 20.6 Å². The van der Waals surface area contributed by atoms with Gasteiger partial charge in [-0.15, -0.1) is 0 Å². The number of carbonyl (C=O) groups is 1. The number of aromatic carboxylic acids is 1. The second-order valence-electron chi connectivity index (χ2n) is 5.15. The molecule has 3 rings (SSSR count). The van der Waals surface area contributed by atoms with Gasteiger partial charge in [-0.1, -0.05) is 37.3 Å². The standard InChI is InChI=1S/C15H16N2O2/c1-10-7-8-17-12(9-10)13(15(18)19)16-14(17)11-5-3-2-4-6-11/h2-6,10H,7-9H2,1H3,(H,18,19). The van der Waals surface area contributed by atoms with E-state index in [1.165, 1.54) is 0 Å². The molecule has 2 heterocycles. The highest BCUT2D eigenvalue weighted by molar-refractivity contribution is 5.88. The first-order chi connectivity index (χ1) is 9.16. The smallest absolute Gasteiger partial charge is 0.356 e. The molecule has 4 nitrogen and oxygen atoms in total. The lowest BCUT2D eigenvalue weighted by atomic mass is 9.97. The quantitative estimate of drug-likeness (QED) is 0.898. The lowest BCUT2D eigenvalue weighted by Crippen LogP contribution is -2.19. The number of carboxylic acids is 1. The number of imidazole rings is 1. The van der Waals surface area contributed by atoms with E-state index in [9.17, 15) is 9.90 Å². The highest BCUT2D eigenvalue weighted by atomic mass is 16.4. The second-order valence-corrected chi connectivity index (χ2v) is 5.15. The Morgan fingerprint density at radius 1 is 1.37 bits per heavy atom. The summed E-state index contributed by atoms with van der Waals surface area (Å²) in [4.78, 5) is 15.7. The molecule has 0 aliphatic carbocycles. The van der Waals surface area contributed by atoms with Crippen LogP contribution in [0.5, 0.6) is 0 Å². The van der Waals surface area contributed by atoms with Crippen LogP contribution in [-0.2, 0) is 13.0 Å². The number of benzene rings is 1. The Kier molecular flexibility index (Phi) is 2.85. The van der Waals surface area contributed by atoms with Gasteiger partial charge in [-0.25, -0.2) is 9.78 Å². The van der Waals surface area contributed by atoms with E-state index in [0.29, 0.717) is 5.92 Å². The summed E-state index contributed by atoms with van der Waals surface area (Å²) >= 11 is 0. The van der Waals surface area contributed by atoms with Crippen molar-refractivity contribution in [3.63, 3.8) is 0 Å². The summed E-state index contributed by atoms with van der Waals surface area (Å²) in [6.07, 6.45) is 1.86. The van der Waals surface area contributed by atoms with Crippen molar-refractivity contribution >= 4 is 5.97 Å². The second kappa shape index (κ2) is 4.53. The van der Waals surface area contributed by atoms with E-state index in [2.05, 4.69) is 16.5 Å². The number of carboxylic acid groups (broad SMARTS) is 1. The molecule has 4 heteroatoms. The topological polar surface area (TPSA) is 55.1 Å². The Labute approximate surface area is 111 Å². The summed E-state index contributed by atoms with van der Waals surface area (Å²) < 4.78 is 2.07. The predicted molar refractivity (Wildman–Crippen MR) is 72.1 cm³/mol. The van der Waals surface area contributed by atoms with Crippen LogP contribution in [0.15, 0.2) is 30.3 Å². The molecule has 1 atom stereocenters. The monoisotopic (exact) mass is 256 g/mol. The zero-order chi connectivity index (χ0) is 13.4.